The number of aromatic nitrogens is 1. The van der Waals surface area contributed by atoms with Gasteiger partial charge in [0.05, 0.1) is 29.4 Å². The molecule has 0 spiro atoms. The summed E-state index contributed by atoms with van der Waals surface area (Å²) >= 11 is 3.33. The highest BCUT2D eigenvalue weighted by atomic mass is 32.2. The van der Waals surface area contributed by atoms with Gasteiger partial charge in [-0.25, -0.2) is 10.4 Å². The van der Waals surface area contributed by atoms with Crippen molar-refractivity contribution in [3.63, 3.8) is 0 Å². The molecule has 1 aromatic heterocycles. The van der Waals surface area contributed by atoms with Gasteiger partial charge in [0.2, 0.25) is 5.91 Å². The van der Waals surface area contributed by atoms with Gasteiger partial charge in [-0.3, -0.25) is 9.79 Å². The van der Waals surface area contributed by atoms with E-state index in [1.807, 2.05) is 43.5 Å². The van der Waals surface area contributed by atoms with Gasteiger partial charge < -0.3 is 5.32 Å². The van der Waals surface area contributed by atoms with E-state index in [4.69, 9.17) is 0 Å². The third-order valence-electron chi connectivity index (χ3n) is 4.08. The van der Waals surface area contributed by atoms with E-state index in [9.17, 15) is 4.79 Å². The Balaban J connectivity index is 1.52. The summed E-state index contributed by atoms with van der Waals surface area (Å²) in [6.45, 7) is 6.86. The SMILES string of the molecule is CC[C@@H]1CN=C(Nc2ccc(/C(C)=N\NC(=O)Cc3csc(C)n3)cc2)S1. The van der Waals surface area contributed by atoms with Gasteiger partial charge in [0.25, 0.3) is 0 Å². The lowest BCUT2D eigenvalue weighted by Gasteiger charge is -2.08. The van der Waals surface area contributed by atoms with Crippen LogP contribution in [-0.2, 0) is 11.2 Å². The van der Waals surface area contributed by atoms with E-state index < -0.39 is 0 Å². The minimum Gasteiger partial charge on any atom is -0.335 e. The zero-order valence-corrected chi connectivity index (χ0v) is 17.3. The minimum absolute atomic E-state index is 0.167. The summed E-state index contributed by atoms with van der Waals surface area (Å²) in [6, 6.07) is 7.95. The second-order valence-corrected chi connectivity index (χ2v) is 8.61. The summed E-state index contributed by atoms with van der Waals surface area (Å²) in [5.41, 5.74) is 6.08. The van der Waals surface area contributed by atoms with Crippen molar-refractivity contribution in [3.8, 4) is 0 Å². The van der Waals surface area contributed by atoms with Crippen molar-refractivity contribution < 1.29 is 4.79 Å². The molecule has 27 heavy (non-hydrogen) atoms. The number of hydrogen-bond acceptors (Lipinski definition) is 7. The lowest BCUT2D eigenvalue weighted by Crippen LogP contribution is -2.21. The second kappa shape index (κ2) is 9.14. The normalized spacial score (nSPS) is 16.9. The molecule has 1 aliphatic rings. The van der Waals surface area contributed by atoms with E-state index in [1.54, 1.807) is 11.8 Å². The minimum atomic E-state index is -0.167. The quantitative estimate of drug-likeness (QED) is 0.570. The van der Waals surface area contributed by atoms with Gasteiger partial charge in [0.15, 0.2) is 5.17 Å². The molecule has 2 N–H and O–H groups in total. The fourth-order valence-corrected chi connectivity index (χ4v) is 4.09. The van der Waals surface area contributed by atoms with E-state index in [2.05, 4.69) is 32.7 Å². The summed E-state index contributed by atoms with van der Waals surface area (Å²) in [5, 5.41) is 12.0. The monoisotopic (exact) mass is 401 g/mol. The Bertz CT molecular complexity index is 857. The lowest BCUT2D eigenvalue weighted by atomic mass is 10.1. The number of carbonyl (C=O) groups excluding carboxylic acids is 1. The average molecular weight is 402 g/mol. The maximum atomic E-state index is 12.0. The number of nitrogens with zero attached hydrogens (tertiary/aromatic N) is 3. The largest absolute Gasteiger partial charge is 0.335 e. The molecule has 3 rings (SSSR count). The number of thioether (sulfide) groups is 1. The molecule has 0 fully saturated rings. The van der Waals surface area contributed by atoms with Gasteiger partial charge in [-0.15, -0.1) is 11.3 Å². The fraction of sp³-hybridized carbons (Fsp3) is 0.368. The number of rotatable bonds is 6. The number of aliphatic imine (C=N–C) groups is 1. The first-order valence-corrected chi connectivity index (χ1v) is 10.6. The zero-order valence-electron chi connectivity index (χ0n) is 15.7. The molecule has 1 aliphatic heterocycles. The predicted octanol–water partition coefficient (Wildman–Crippen LogP) is 3.83. The second-order valence-electron chi connectivity index (χ2n) is 6.26. The molecule has 142 valence electrons. The average Bonchev–Trinajstić information content (AvgIpc) is 3.29. The maximum absolute atomic E-state index is 12.0. The van der Waals surface area contributed by atoms with E-state index in [0.717, 1.165) is 45.8 Å². The number of nitrogens with one attached hydrogen (secondary N) is 2. The highest BCUT2D eigenvalue weighted by Crippen LogP contribution is 2.24. The van der Waals surface area contributed by atoms with Crippen molar-refractivity contribution >= 4 is 45.6 Å². The smallest absolute Gasteiger partial charge is 0.246 e. The number of benzene rings is 1. The van der Waals surface area contributed by atoms with Crippen molar-refractivity contribution in [3.05, 3.63) is 45.9 Å². The van der Waals surface area contributed by atoms with Crippen molar-refractivity contribution in [2.75, 3.05) is 11.9 Å². The van der Waals surface area contributed by atoms with E-state index in [-0.39, 0.29) is 12.3 Å². The van der Waals surface area contributed by atoms with Gasteiger partial charge in [-0.1, -0.05) is 30.8 Å². The molecule has 1 aromatic carbocycles. The van der Waals surface area contributed by atoms with Crippen LogP contribution in [0.2, 0.25) is 0 Å². The summed E-state index contributed by atoms with van der Waals surface area (Å²) in [7, 11) is 0. The number of anilines is 1. The summed E-state index contributed by atoms with van der Waals surface area (Å²) in [5.74, 6) is -0.167. The third-order valence-corrected chi connectivity index (χ3v) is 6.18. The van der Waals surface area contributed by atoms with Gasteiger partial charge in [0, 0.05) is 16.3 Å². The summed E-state index contributed by atoms with van der Waals surface area (Å²) in [4.78, 5) is 20.8. The van der Waals surface area contributed by atoms with Gasteiger partial charge >= 0.3 is 0 Å². The Hall–Kier alpha value is -2.19. The highest BCUT2D eigenvalue weighted by molar-refractivity contribution is 8.15. The zero-order chi connectivity index (χ0) is 19.2. The molecular weight excluding hydrogens is 378 g/mol. The maximum Gasteiger partial charge on any atom is 0.246 e. The Labute approximate surface area is 167 Å². The first-order chi connectivity index (χ1) is 13.0. The molecule has 0 aliphatic carbocycles. The van der Waals surface area contributed by atoms with Crippen LogP contribution in [0.5, 0.6) is 0 Å². The molecule has 1 atom stereocenters. The summed E-state index contributed by atoms with van der Waals surface area (Å²) in [6.07, 6.45) is 1.37. The molecule has 0 unspecified atom stereocenters. The van der Waals surface area contributed by atoms with Crippen molar-refractivity contribution in [2.45, 2.75) is 38.9 Å². The third kappa shape index (κ3) is 5.64. The highest BCUT2D eigenvalue weighted by Gasteiger charge is 2.17. The fourth-order valence-electron chi connectivity index (χ4n) is 2.52. The summed E-state index contributed by atoms with van der Waals surface area (Å²) < 4.78 is 0. The van der Waals surface area contributed by atoms with Crippen molar-refractivity contribution in [1.29, 1.82) is 0 Å². The van der Waals surface area contributed by atoms with Crippen LogP contribution >= 0.6 is 23.1 Å². The molecule has 6 nitrogen and oxygen atoms in total. The van der Waals surface area contributed by atoms with E-state index >= 15 is 0 Å². The van der Waals surface area contributed by atoms with E-state index in [1.165, 1.54) is 11.3 Å². The number of carbonyl (C=O) groups is 1. The molecule has 2 aromatic rings. The Morgan fingerprint density at radius 3 is 2.74 bits per heavy atom. The predicted molar refractivity (Wildman–Crippen MR) is 115 cm³/mol. The number of thiazole rings is 1. The number of amides is 1. The Morgan fingerprint density at radius 2 is 2.11 bits per heavy atom. The molecular formula is C19H23N5OS2. The number of hydrogen-bond donors (Lipinski definition) is 2. The lowest BCUT2D eigenvalue weighted by molar-refractivity contribution is -0.120. The van der Waals surface area contributed by atoms with Crippen LogP contribution in [-0.4, -0.2) is 33.6 Å². The van der Waals surface area contributed by atoms with Gasteiger partial charge in [-0.2, -0.15) is 5.10 Å². The number of aryl methyl sites for hydroxylation is 1. The first kappa shape index (κ1) is 19.6. The Kier molecular flexibility index (Phi) is 6.63. The molecule has 1 amide bonds. The van der Waals surface area contributed by atoms with E-state index in [0.29, 0.717) is 5.25 Å². The van der Waals surface area contributed by atoms with Crippen LogP contribution in [0.4, 0.5) is 5.69 Å². The molecule has 0 saturated carbocycles. The van der Waals surface area contributed by atoms with Crippen LogP contribution in [0.1, 0.15) is 36.5 Å². The van der Waals surface area contributed by atoms with Crippen LogP contribution in [0.3, 0.4) is 0 Å². The van der Waals surface area contributed by atoms with Crippen LogP contribution < -0.4 is 10.7 Å². The number of hydrazone groups is 1. The van der Waals surface area contributed by atoms with Crippen LogP contribution in [0, 0.1) is 6.92 Å². The van der Waals surface area contributed by atoms with Crippen molar-refractivity contribution in [2.24, 2.45) is 10.1 Å². The molecule has 2 heterocycles. The van der Waals surface area contributed by atoms with Gasteiger partial charge in [-0.05, 0) is 38.0 Å². The molecule has 0 bridgehead atoms. The van der Waals surface area contributed by atoms with Crippen LogP contribution in [0.15, 0.2) is 39.7 Å². The number of amidine groups is 1. The van der Waals surface area contributed by atoms with Crippen LogP contribution in [0.25, 0.3) is 0 Å². The molecule has 0 radical (unpaired) electrons. The first-order valence-electron chi connectivity index (χ1n) is 8.86. The Morgan fingerprint density at radius 1 is 1.33 bits per heavy atom. The van der Waals surface area contributed by atoms with Crippen molar-refractivity contribution in [1.82, 2.24) is 10.4 Å². The topological polar surface area (TPSA) is 78.7 Å². The molecule has 8 heteroatoms. The standard InChI is InChI=1S/C19H23N5OS2/c1-4-17-10-20-19(27-17)22-15-7-5-14(6-8-15)12(2)23-24-18(25)9-16-11-26-13(3)21-16/h5-8,11,17H,4,9-10H2,1-3H3,(H,20,22)(H,24,25)/b23-12-/t17-/m1/s1. The van der Waals surface area contributed by atoms with Gasteiger partial charge in [0.1, 0.15) is 0 Å². The molecule has 0 saturated heterocycles.